The molecule has 1 fully saturated rings. The summed E-state index contributed by atoms with van der Waals surface area (Å²) in [7, 11) is 0. The third-order valence-corrected chi connectivity index (χ3v) is 5.54. The number of carbonyl (C=O) groups is 1. The molecular formula is C21H27N3O3+2. The Labute approximate surface area is 159 Å². The van der Waals surface area contributed by atoms with Crippen molar-refractivity contribution < 1.29 is 24.1 Å². The number of para-hydroxylation sites is 1. The molecule has 0 spiro atoms. The van der Waals surface area contributed by atoms with Crippen molar-refractivity contribution in [3.63, 3.8) is 0 Å². The molecule has 0 aliphatic carbocycles. The van der Waals surface area contributed by atoms with Crippen molar-refractivity contribution in [2.45, 2.75) is 19.5 Å². The summed E-state index contributed by atoms with van der Waals surface area (Å²) < 4.78 is 10.9. The zero-order valence-corrected chi connectivity index (χ0v) is 15.7. The molecule has 1 atom stereocenters. The topological polar surface area (TPSA) is 56.4 Å². The molecule has 0 aromatic heterocycles. The number of quaternary nitrogens is 2. The van der Waals surface area contributed by atoms with Crippen molar-refractivity contribution in [3.05, 3.63) is 54.1 Å². The number of nitrogens with one attached hydrogen (secondary N) is 3. The number of carbonyl (C=O) groups excluding carboxylic acids is 1. The van der Waals surface area contributed by atoms with Crippen LogP contribution in [0.2, 0.25) is 0 Å². The molecule has 2 aliphatic rings. The number of piperazine rings is 1. The summed E-state index contributed by atoms with van der Waals surface area (Å²) in [4.78, 5) is 15.4. The molecule has 27 heavy (non-hydrogen) atoms. The molecule has 2 aromatic carbocycles. The molecule has 3 N–H and O–H groups in total. The number of ether oxygens (including phenoxy) is 2. The lowest BCUT2D eigenvalue weighted by molar-refractivity contribution is -1.02. The molecule has 6 nitrogen and oxygen atoms in total. The van der Waals surface area contributed by atoms with Crippen molar-refractivity contribution in [1.29, 1.82) is 0 Å². The van der Waals surface area contributed by atoms with Gasteiger partial charge >= 0.3 is 0 Å². The van der Waals surface area contributed by atoms with Gasteiger partial charge in [-0.1, -0.05) is 18.2 Å². The Hall–Kier alpha value is -2.57. The number of amides is 1. The van der Waals surface area contributed by atoms with E-state index in [1.807, 2.05) is 43.3 Å². The number of rotatable bonds is 5. The number of fused-ring (bicyclic) bond motifs is 1. The first-order valence-electron chi connectivity index (χ1n) is 9.61. The van der Waals surface area contributed by atoms with Crippen molar-refractivity contribution in [3.8, 4) is 11.5 Å². The maximum atomic E-state index is 12.5. The molecule has 0 radical (unpaired) electrons. The van der Waals surface area contributed by atoms with E-state index < -0.39 is 0 Å². The van der Waals surface area contributed by atoms with E-state index in [2.05, 4.69) is 17.4 Å². The highest BCUT2D eigenvalue weighted by Crippen LogP contribution is 2.32. The Morgan fingerprint density at radius 2 is 1.78 bits per heavy atom. The summed E-state index contributed by atoms with van der Waals surface area (Å²) in [6.45, 7) is 7.45. The summed E-state index contributed by atoms with van der Waals surface area (Å²) in [6, 6.07) is 15.8. The Morgan fingerprint density at radius 1 is 1.04 bits per heavy atom. The van der Waals surface area contributed by atoms with Gasteiger partial charge in [-0.15, -0.1) is 0 Å². The number of anilines is 1. The summed E-state index contributed by atoms with van der Waals surface area (Å²) >= 11 is 0. The fraction of sp³-hybridized carbons (Fsp3) is 0.381. The zero-order valence-electron chi connectivity index (χ0n) is 15.7. The summed E-state index contributed by atoms with van der Waals surface area (Å²) in [5, 5.41) is 3.02. The molecule has 142 valence electrons. The monoisotopic (exact) mass is 369 g/mol. The van der Waals surface area contributed by atoms with Gasteiger partial charge in [-0.25, -0.2) is 0 Å². The second kappa shape index (κ2) is 7.98. The van der Waals surface area contributed by atoms with Crippen LogP contribution in [-0.2, 0) is 11.3 Å². The highest BCUT2D eigenvalue weighted by atomic mass is 16.7. The Balaban J connectivity index is 1.27. The third-order valence-electron chi connectivity index (χ3n) is 5.54. The average molecular weight is 369 g/mol. The maximum absolute atomic E-state index is 12.5. The lowest BCUT2D eigenvalue weighted by atomic mass is 10.1. The highest BCUT2D eigenvalue weighted by molar-refractivity contribution is 5.93. The highest BCUT2D eigenvalue weighted by Gasteiger charge is 2.31. The molecule has 0 bridgehead atoms. The number of benzene rings is 2. The van der Waals surface area contributed by atoms with Crippen LogP contribution in [0.3, 0.4) is 0 Å². The van der Waals surface area contributed by atoms with Gasteiger partial charge in [-0.3, -0.25) is 4.79 Å². The standard InChI is InChI=1S/C21H25N3O3/c1-16(21(25)22-18-5-3-2-4-6-18)24-11-9-23(10-12-24)14-17-7-8-19-20(13-17)27-15-26-19/h2-8,13,16H,9-12,14-15H2,1H3,(H,22,25)/p+2/t16-/m1/s1. The van der Waals surface area contributed by atoms with Gasteiger partial charge in [-0.05, 0) is 37.3 Å². The second-order valence-electron chi connectivity index (χ2n) is 7.35. The van der Waals surface area contributed by atoms with Crippen molar-refractivity contribution in [2.24, 2.45) is 0 Å². The van der Waals surface area contributed by atoms with Crippen LogP contribution >= 0.6 is 0 Å². The van der Waals surface area contributed by atoms with Gasteiger partial charge < -0.3 is 24.6 Å². The molecule has 1 saturated heterocycles. The summed E-state index contributed by atoms with van der Waals surface area (Å²) in [5.74, 6) is 1.78. The van der Waals surface area contributed by atoms with Gasteiger partial charge in [0.1, 0.15) is 32.7 Å². The van der Waals surface area contributed by atoms with Crippen LogP contribution in [0, 0.1) is 0 Å². The maximum Gasteiger partial charge on any atom is 0.282 e. The van der Waals surface area contributed by atoms with Gasteiger partial charge in [0.2, 0.25) is 6.79 Å². The van der Waals surface area contributed by atoms with E-state index in [1.54, 1.807) is 4.90 Å². The predicted molar refractivity (Wildman–Crippen MR) is 102 cm³/mol. The van der Waals surface area contributed by atoms with Gasteiger partial charge in [-0.2, -0.15) is 0 Å². The number of hydrogen-bond acceptors (Lipinski definition) is 3. The molecule has 2 aromatic rings. The van der Waals surface area contributed by atoms with E-state index in [1.165, 1.54) is 10.5 Å². The smallest absolute Gasteiger partial charge is 0.282 e. The van der Waals surface area contributed by atoms with Crippen LogP contribution in [-0.4, -0.2) is 44.9 Å². The van der Waals surface area contributed by atoms with Gasteiger partial charge in [0.25, 0.3) is 5.91 Å². The summed E-state index contributed by atoms with van der Waals surface area (Å²) in [6.07, 6.45) is 0. The molecule has 1 amide bonds. The van der Waals surface area contributed by atoms with E-state index >= 15 is 0 Å². The van der Waals surface area contributed by atoms with Crippen molar-refractivity contribution in [1.82, 2.24) is 0 Å². The minimum Gasteiger partial charge on any atom is -0.454 e. The fourth-order valence-corrected chi connectivity index (χ4v) is 3.83. The van der Waals surface area contributed by atoms with Gasteiger partial charge in [0.15, 0.2) is 17.5 Å². The summed E-state index contributed by atoms with van der Waals surface area (Å²) in [5.41, 5.74) is 2.13. The van der Waals surface area contributed by atoms with Crippen molar-refractivity contribution >= 4 is 11.6 Å². The van der Waals surface area contributed by atoms with E-state index in [-0.39, 0.29) is 11.9 Å². The first-order valence-corrected chi connectivity index (χ1v) is 9.61. The van der Waals surface area contributed by atoms with Crippen LogP contribution < -0.4 is 24.6 Å². The lowest BCUT2D eigenvalue weighted by Crippen LogP contribution is -3.29. The van der Waals surface area contributed by atoms with E-state index in [4.69, 9.17) is 9.47 Å². The van der Waals surface area contributed by atoms with Crippen LogP contribution in [0.5, 0.6) is 11.5 Å². The van der Waals surface area contributed by atoms with E-state index in [0.29, 0.717) is 6.79 Å². The zero-order chi connectivity index (χ0) is 18.6. The molecule has 0 unspecified atom stereocenters. The van der Waals surface area contributed by atoms with Crippen LogP contribution in [0.4, 0.5) is 5.69 Å². The predicted octanol–water partition coefficient (Wildman–Crippen LogP) is -0.274. The molecule has 4 rings (SSSR count). The molecule has 2 aliphatic heterocycles. The van der Waals surface area contributed by atoms with Gasteiger partial charge in [0.05, 0.1) is 0 Å². The van der Waals surface area contributed by atoms with Crippen molar-refractivity contribution in [2.75, 3.05) is 38.3 Å². The van der Waals surface area contributed by atoms with Crippen LogP contribution in [0.15, 0.2) is 48.5 Å². The minimum absolute atomic E-state index is 0.0442. The van der Waals surface area contributed by atoms with Crippen LogP contribution in [0.25, 0.3) is 0 Å². The lowest BCUT2D eigenvalue weighted by Gasteiger charge is -2.32. The molecule has 0 saturated carbocycles. The SMILES string of the molecule is C[C@H](C(=O)Nc1ccccc1)[NH+]1CC[NH+](Cc2ccc3c(c2)OCO3)CC1. The largest absolute Gasteiger partial charge is 0.454 e. The third kappa shape index (κ3) is 4.23. The van der Waals surface area contributed by atoms with Gasteiger partial charge in [0, 0.05) is 11.3 Å². The first-order chi connectivity index (χ1) is 13.2. The normalized spacial score (nSPS) is 22.3. The second-order valence-corrected chi connectivity index (χ2v) is 7.35. The first kappa shape index (κ1) is 17.8. The van der Waals surface area contributed by atoms with Crippen LogP contribution in [0.1, 0.15) is 12.5 Å². The molecule has 2 heterocycles. The average Bonchev–Trinajstić information content (AvgIpc) is 3.16. The Bertz CT molecular complexity index is 789. The minimum atomic E-state index is -0.0442. The number of hydrogen-bond donors (Lipinski definition) is 3. The molecular weight excluding hydrogens is 342 g/mol. The Morgan fingerprint density at radius 3 is 2.56 bits per heavy atom. The molecule has 6 heteroatoms. The Kier molecular flexibility index (Phi) is 5.27. The van der Waals surface area contributed by atoms with E-state index in [9.17, 15) is 4.79 Å². The fourth-order valence-electron chi connectivity index (χ4n) is 3.83. The quantitative estimate of drug-likeness (QED) is 0.680. The van der Waals surface area contributed by atoms with E-state index in [0.717, 1.165) is 49.9 Å².